The van der Waals surface area contributed by atoms with E-state index in [1.807, 2.05) is 30.3 Å². The Labute approximate surface area is 140 Å². The molecule has 0 amide bonds. The quantitative estimate of drug-likeness (QED) is 0.613. The lowest BCUT2D eigenvalue weighted by Crippen LogP contribution is -2.22. The van der Waals surface area contributed by atoms with Gasteiger partial charge in [0.1, 0.15) is 18.0 Å². The molecule has 0 N–H and O–H groups in total. The number of ether oxygens (including phenoxy) is 2. The van der Waals surface area contributed by atoms with Gasteiger partial charge in [-0.05, 0) is 44.5 Å². The van der Waals surface area contributed by atoms with Crippen molar-refractivity contribution >= 4 is 18.0 Å². The largest absolute Gasteiger partial charge is 0.457 e. The topological polar surface area (TPSA) is 65.7 Å². The van der Waals surface area contributed by atoms with Gasteiger partial charge in [0.25, 0.3) is 0 Å². The Morgan fingerprint density at radius 2 is 1.79 bits per heavy atom. The number of benzene rings is 1. The Morgan fingerprint density at radius 3 is 2.46 bits per heavy atom. The summed E-state index contributed by atoms with van der Waals surface area (Å²) >= 11 is 0. The Bertz CT molecular complexity index is 720. The van der Waals surface area contributed by atoms with Crippen molar-refractivity contribution in [1.82, 2.24) is 0 Å². The molecule has 126 valence electrons. The fourth-order valence-corrected chi connectivity index (χ4v) is 1.83. The predicted octanol–water partition coefficient (Wildman–Crippen LogP) is 3.99. The first-order valence-corrected chi connectivity index (χ1v) is 7.55. The molecular weight excluding hydrogens is 308 g/mol. The van der Waals surface area contributed by atoms with Crippen molar-refractivity contribution in [2.45, 2.75) is 33.0 Å². The zero-order chi connectivity index (χ0) is 17.6. The van der Waals surface area contributed by atoms with Crippen molar-refractivity contribution in [3.8, 4) is 0 Å². The number of furan rings is 1. The van der Waals surface area contributed by atoms with Crippen LogP contribution in [-0.2, 0) is 20.9 Å². The van der Waals surface area contributed by atoms with E-state index in [-0.39, 0.29) is 12.4 Å². The lowest BCUT2D eigenvalue weighted by molar-refractivity contribution is -0.148. The summed E-state index contributed by atoms with van der Waals surface area (Å²) in [6, 6.07) is 12.4. The highest BCUT2D eigenvalue weighted by Crippen LogP contribution is 2.13. The fourth-order valence-electron chi connectivity index (χ4n) is 1.83. The summed E-state index contributed by atoms with van der Waals surface area (Å²) in [6.45, 7) is 5.52. The maximum Gasteiger partial charge on any atom is 0.374 e. The van der Waals surface area contributed by atoms with Crippen LogP contribution >= 0.6 is 0 Å². The van der Waals surface area contributed by atoms with Crippen LogP contribution in [0.15, 0.2) is 53.0 Å². The molecule has 2 aromatic rings. The summed E-state index contributed by atoms with van der Waals surface area (Å²) in [5, 5.41) is 0. The van der Waals surface area contributed by atoms with Crippen LogP contribution in [0.5, 0.6) is 0 Å². The summed E-state index contributed by atoms with van der Waals surface area (Å²) < 4.78 is 15.7. The zero-order valence-corrected chi connectivity index (χ0v) is 13.9. The number of rotatable bonds is 5. The van der Waals surface area contributed by atoms with Crippen LogP contribution in [0.4, 0.5) is 0 Å². The van der Waals surface area contributed by atoms with E-state index >= 15 is 0 Å². The van der Waals surface area contributed by atoms with Gasteiger partial charge in [0.2, 0.25) is 5.76 Å². The van der Waals surface area contributed by atoms with Gasteiger partial charge in [0.15, 0.2) is 0 Å². The van der Waals surface area contributed by atoms with Gasteiger partial charge in [-0.15, -0.1) is 0 Å². The lowest BCUT2D eigenvalue weighted by atomic mass is 10.2. The van der Waals surface area contributed by atoms with E-state index in [4.69, 9.17) is 13.9 Å². The van der Waals surface area contributed by atoms with Crippen LogP contribution in [0.25, 0.3) is 6.08 Å². The molecule has 2 rings (SSSR count). The molecule has 0 bridgehead atoms. The second-order valence-electron chi connectivity index (χ2n) is 6.13. The summed E-state index contributed by atoms with van der Waals surface area (Å²) in [5.41, 5.74) is 0.333. The third kappa shape index (κ3) is 5.76. The monoisotopic (exact) mass is 328 g/mol. The van der Waals surface area contributed by atoms with E-state index in [0.29, 0.717) is 5.76 Å². The van der Waals surface area contributed by atoms with Crippen LogP contribution in [0, 0.1) is 0 Å². The molecule has 0 unspecified atom stereocenters. The first kappa shape index (κ1) is 17.5. The smallest absolute Gasteiger partial charge is 0.374 e. The standard InChI is InChI=1S/C19H20O5/c1-19(2,3)24-17(20)12-10-15-9-11-16(23-15)18(21)22-13-14-7-5-4-6-8-14/h4-12H,13H2,1-3H3/b12-10+. The molecule has 1 heterocycles. The summed E-state index contributed by atoms with van der Waals surface area (Å²) in [7, 11) is 0. The molecular formula is C19H20O5. The molecule has 0 aliphatic carbocycles. The molecule has 0 radical (unpaired) electrons. The van der Waals surface area contributed by atoms with Crippen molar-refractivity contribution < 1.29 is 23.5 Å². The van der Waals surface area contributed by atoms with Gasteiger partial charge in [-0.25, -0.2) is 9.59 Å². The maximum absolute atomic E-state index is 11.9. The molecule has 0 aliphatic heterocycles. The molecule has 5 heteroatoms. The van der Waals surface area contributed by atoms with Crippen LogP contribution in [-0.4, -0.2) is 17.5 Å². The average molecular weight is 328 g/mol. The van der Waals surface area contributed by atoms with Crippen LogP contribution in [0.1, 0.15) is 42.6 Å². The van der Waals surface area contributed by atoms with Gasteiger partial charge in [0.05, 0.1) is 0 Å². The molecule has 0 atom stereocenters. The number of hydrogen-bond acceptors (Lipinski definition) is 5. The SMILES string of the molecule is CC(C)(C)OC(=O)/C=C/c1ccc(C(=O)OCc2ccccc2)o1. The number of carbonyl (C=O) groups is 2. The van der Waals surface area contributed by atoms with Crippen molar-refractivity contribution in [3.05, 3.63) is 65.6 Å². The molecule has 0 saturated heterocycles. The predicted molar refractivity (Wildman–Crippen MR) is 89.1 cm³/mol. The first-order chi connectivity index (χ1) is 11.3. The van der Waals surface area contributed by atoms with Crippen molar-refractivity contribution in [3.63, 3.8) is 0 Å². The normalized spacial score (nSPS) is 11.5. The molecule has 0 spiro atoms. The minimum absolute atomic E-state index is 0.0785. The van der Waals surface area contributed by atoms with E-state index in [0.717, 1.165) is 5.56 Å². The van der Waals surface area contributed by atoms with Gasteiger partial charge >= 0.3 is 11.9 Å². The second-order valence-corrected chi connectivity index (χ2v) is 6.13. The van der Waals surface area contributed by atoms with E-state index in [1.165, 1.54) is 18.2 Å². The van der Waals surface area contributed by atoms with Gasteiger partial charge in [-0.3, -0.25) is 0 Å². The molecule has 1 aromatic heterocycles. The molecule has 24 heavy (non-hydrogen) atoms. The fraction of sp³-hybridized carbons (Fsp3) is 0.263. The van der Waals surface area contributed by atoms with E-state index in [2.05, 4.69) is 0 Å². The minimum atomic E-state index is -0.559. The molecule has 0 saturated carbocycles. The second kappa shape index (κ2) is 7.64. The Balaban J connectivity index is 1.90. The number of hydrogen-bond donors (Lipinski definition) is 0. The number of carbonyl (C=O) groups excluding carboxylic acids is 2. The minimum Gasteiger partial charge on any atom is -0.457 e. The Hall–Kier alpha value is -2.82. The Morgan fingerprint density at radius 1 is 1.08 bits per heavy atom. The van der Waals surface area contributed by atoms with Gasteiger partial charge in [0, 0.05) is 6.08 Å². The molecule has 0 aliphatic rings. The third-order valence-corrected chi connectivity index (χ3v) is 2.83. The van der Waals surface area contributed by atoms with E-state index < -0.39 is 17.5 Å². The van der Waals surface area contributed by atoms with E-state index in [9.17, 15) is 9.59 Å². The molecule has 5 nitrogen and oxygen atoms in total. The summed E-state index contributed by atoms with van der Waals surface area (Å²) in [5.74, 6) is -0.592. The van der Waals surface area contributed by atoms with E-state index in [1.54, 1.807) is 26.8 Å². The number of esters is 2. The highest BCUT2D eigenvalue weighted by atomic mass is 16.6. The van der Waals surface area contributed by atoms with Crippen molar-refractivity contribution in [2.24, 2.45) is 0 Å². The van der Waals surface area contributed by atoms with Crippen LogP contribution in [0.3, 0.4) is 0 Å². The van der Waals surface area contributed by atoms with Crippen molar-refractivity contribution in [1.29, 1.82) is 0 Å². The highest BCUT2D eigenvalue weighted by molar-refractivity contribution is 5.88. The van der Waals surface area contributed by atoms with Crippen LogP contribution < -0.4 is 0 Å². The first-order valence-electron chi connectivity index (χ1n) is 7.55. The molecule has 0 fully saturated rings. The maximum atomic E-state index is 11.9. The van der Waals surface area contributed by atoms with Gasteiger partial charge in [-0.1, -0.05) is 30.3 Å². The molecule has 1 aromatic carbocycles. The Kier molecular flexibility index (Phi) is 5.58. The summed E-state index contributed by atoms with van der Waals surface area (Å²) in [6.07, 6.45) is 2.70. The van der Waals surface area contributed by atoms with Gasteiger partial charge < -0.3 is 13.9 Å². The van der Waals surface area contributed by atoms with Gasteiger partial charge in [-0.2, -0.15) is 0 Å². The van der Waals surface area contributed by atoms with Crippen LogP contribution in [0.2, 0.25) is 0 Å². The zero-order valence-electron chi connectivity index (χ0n) is 13.9. The highest BCUT2D eigenvalue weighted by Gasteiger charge is 2.15. The lowest BCUT2D eigenvalue weighted by Gasteiger charge is -2.17. The summed E-state index contributed by atoms with van der Waals surface area (Å²) in [4.78, 5) is 23.5. The van der Waals surface area contributed by atoms with Crippen molar-refractivity contribution in [2.75, 3.05) is 0 Å². The third-order valence-electron chi connectivity index (χ3n) is 2.83. The average Bonchev–Trinajstić information content (AvgIpc) is 2.99.